The summed E-state index contributed by atoms with van der Waals surface area (Å²) < 4.78 is 36.3. The number of ether oxygens (including phenoxy) is 4. The summed E-state index contributed by atoms with van der Waals surface area (Å²) in [6.45, 7) is 4.28. The van der Waals surface area contributed by atoms with E-state index in [0.717, 1.165) is 19.4 Å². The molecule has 5 rings (SSSR count). The molecule has 4 heterocycles. The van der Waals surface area contributed by atoms with Crippen molar-refractivity contribution in [2.75, 3.05) is 51.9 Å². The number of anilines is 1. The Hall–Kier alpha value is -3.45. The summed E-state index contributed by atoms with van der Waals surface area (Å²) in [6.07, 6.45) is 3.03. The molecular weight excluding hydrogens is 507 g/mol. The highest BCUT2D eigenvalue weighted by Crippen LogP contribution is 2.35. The lowest BCUT2D eigenvalue weighted by molar-refractivity contribution is -0.231. The fourth-order valence-electron chi connectivity index (χ4n) is 4.48. The van der Waals surface area contributed by atoms with E-state index in [4.69, 9.17) is 23.9 Å². The number of carbonyl (C=O) groups excluding carboxylic acids is 1. The van der Waals surface area contributed by atoms with E-state index in [1.165, 1.54) is 12.1 Å². The first kappa shape index (κ1) is 27.1. The molecule has 2 aliphatic heterocycles. The summed E-state index contributed by atoms with van der Waals surface area (Å²) in [4.78, 5) is 29.7. The van der Waals surface area contributed by atoms with Crippen molar-refractivity contribution in [3.63, 3.8) is 0 Å². The second-order valence-electron chi connectivity index (χ2n) is 9.90. The highest BCUT2D eigenvalue weighted by Gasteiger charge is 2.40. The molecule has 2 saturated heterocycles. The normalized spacial score (nSPS) is 23.1. The Bertz CT molecular complexity index is 1260. The summed E-state index contributed by atoms with van der Waals surface area (Å²) in [7, 11) is 1.58. The van der Waals surface area contributed by atoms with Crippen molar-refractivity contribution < 1.29 is 28.1 Å². The zero-order valence-electron chi connectivity index (χ0n) is 22.0. The van der Waals surface area contributed by atoms with Gasteiger partial charge < -0.3 is 34.6 Å². The van der Waals surface area contributed by atoms with Gasteiger partial charge in [-0.1, -0.05) is 0 Å². The molecular formula is C27H33FN6O5. The van der Waals surface area contributed by atoms with Crippen LogP contribution in [0.4, 0.5) is 10.3 Å². The molecule has 1 amide bonds. The van der Waals surface area contributed by atoms with Gasteiger partial charge in [0.15, 0.2) is 5.82 Å². The van der Waals surface area contributed by atoms with E-state index in [-0.39, 0.29) is 31.0 Å². The van der Waals surface area contributed by atoms with Crippen LogP contribution in [0.3, 0.4) is 0 Å². The van der Waals surface area contributed by atoms with Crippen LogP contribution < -0.4 is 10.6 Å². The molecule has 12 heteroatoms. The number of methoxy groups -OCH3 is 1. The highest BCUT2D eigenvalue weighted by atomic mass is 19.1. The summed E-state index contributed by atoms with van der Waals surface area (Å²) in [5.41, 5.74) is 1.61. The summed E-state index contributed by atoms with van der Waals surface area (Å²) in [5, 5.41) is 6.08. The minimum atomic E-state index is -0.851. The number of hydrogen-bond donors (Lipinski definition) is 3. The Morgan fingerprint density at radius 2 is 1.97 bits per heavy atom. The molecule has 3 aromatic rings. The third-order valence-electron chi connectivity index (χ3n) is 6.73. The van der Waals surface area contributed by atoms with Gasteiger partial charge in [-0.15, -0.1) is 0 Å². The van der Waals surface area contributed by atoms with Crippen LogP contribution in [0.2, 0.25) is 0 Å². The van der Waals surface area contributed by atoms with Gasteiger partial charge in [0.1, 0.15) is 5.82 Å². The molecule has 1 aromatic carbocycles. The topological polar surface area (TPSA) is 133 Å². The van der Waals surface area contributed by atoms with Gasteiger partial charge in [-0.2, -0.15) is 0 Å². The Morgan fingerprint density at radius 1 is 1.18 bits per heavy atom. The van der Waals surface area contributed by atoms with Crippen molar-refractivity contribution in [2.24, 2.45) is 5.41 Å². The third kappa shape index (κ3) is 6.41. The van der Waals surface area contributed by atoms with Crippen molar-refractivity contribution in [3.05, 3.63) is 48.2 Å². The van der Waals surface area contributed by atoms with Crippen LogP contribution in [0.15, 0.2) is 36.5 Å². The zero-order chi connectivity index (χ0) is 27.2. The van der Waals surface area contributed by atoms with E-state index in [1.807, 2.05) is 0 Å². The van der Waals surface area contributed by atoms with Crippen LogP contribution in [-0.2, 0) is 23.7 Å². The van der Waals surface area contributed by atoms with Crippen LogP contribution in [0, 0.1) is 11.2 Å². The summed E-state index contributed by atoms with van der Waals surface area (Å²) in [6, 6.07) is 7.83. The SMILES string of the molecule is COCCNC(=O)C1(C)COC(c2nc(-c3ccc(F)cc3)c(-c3ccnc(NCC4CCCO4)n3)[nH]2)OC1. The lowest BCUT2D eigenvalue weighted by Crippen LogP contribution is -2.49. The van der Waals surface area contributed by atoms with Gasteiger partial charge >= 0.3 is 0 Å². The van der Waals surface area contributed by atoms with Gasteiger partial charge in [0, 0.05) is 38.6 Å². The molecule has 0 spiro atoms. The van der Waals surface area contributed by atoms with E-state index < -0.39 is 11.7 Å². The van der Waals surface area contributed by atoms with Crippen LogP contribution in [0.1, 0.15) is 31.9 Å². The van der Waals surface area contributed by atoms with Gasteiger partial charge in [0.05, 0.1) is 48.4 Å². The van der Waals surface area contributed by atoms with Crippen molar-refractivity contribution in [2.45, 2.75) is 32.2 Å². The number of H-pyrrole nitrogens is 1. The van der Waals surface area contributed by atoms with Crippen LogP contribution in [0.5, 0.6) is 0 Å². The molecule has 2 aliphatic rings. The molecule has 3 N–H and O–H groups in total. The largest absolute Gasteiger partial charge is 0.383 e. The van der Waals surface area contributed by atoms with E-state index >= 15 is 0 Å². The van der Waals surface area contributed by atoms with Gasteiger partial charge in [-0.05, 0) is 50.1 Å². The number of halogens is 1. The number of rotatable bonds is 10. The molecule has 208 valence electrons. The second kappa shape index (κ2) is 12.2. The molecule has 2 aromatic heterocycles. The summed E-state index contributed by atoms with van der Waals surface area (Å²) >= 11 is 0. The Labute approximate surface area is 225 Å². The maximum atomic E-state index is 13.7. The number of carbonyl (C=O) groups is 1. The lowest BCUT2D eigenvalue weighted by atomic mass is 9.91. The molecule has 1 atom stereocenters. The van der Waals surface area contributed by atoms with Crippen LogP contribution in [0.25, 0.3) is 22.6 Å². The summed E-state index contributed by atoms with van der Waals surface area (Å²) in [5.74, 6) is 0.359. The molecule has 0 aliphatic carbocycles. The first-order chi connectivity index (χ1) is 18.9. The minimum Gasteiger partial charge on any atom is -0.383 e. The quantitative estimate of drug-likeness (QED) is 0.332. The number of imidazole rings is 1. The van der Waals surface area contributed by atoms with Gasteiger partial charge in [-0.3, -0.25) is 4.79 Å². The fourth-order valence-corrected chi connectivity index (χ4v) is 4.48. The predicted molar refractivity (Wildman–Crippen MR) is 140 cm³/mol. The maximum Gasteiger partial charge on any atom is 0.230 e. The number of benzene rings is 1. The Kier molecular flexibility index (Phi) is 8.46. The average Bonchev–Trinajstić information content (AvgIpc) is 3.64. The third-order valence-corrected chi connectivity index (χ3v) is 6.73. The van der Waals surface area contributed by atoms with Crippen molar-refractivity contribution in [3.8, 4) is 22.6 Å². The first-order valence-electron chi connectivity index (χ1n) is 13.0. The first-order valence-corrected chi connectivity index (χ1v) is 13.0. The number of hydrogen-bond acceptors (Lipinski definition) is 9. The molecule has 1 unspecified atom stereocenters. The number of nitrogens with zero attached hydrogens (tertiary/aromatic N) is 3. The Morgan fingerprint density at radius 3 is 2.69 bits per heavy atom. The molecule has 11 nitrogen and oxygen atoms in total. The predicted octanol–water partition coefficient (Wildman–Crippen LogP) is 3.08. The van der Waals surface area contributed by atoms with Crippen LogP contribution >= 0.6 is 0 Å². The van der Waals surface area contributed by atoms with Gasteiger partial charge in [-0.25, -0.2) is 19.3 Å². The maximum absolute atomic E-state index is 13.7. The lowest BCUT2D eigenvalue weighted by Gasteiger charge is -2.35. The molecule has 0 radical (unpaired) electrons. The fraction of sp³-hybridized carbons (Fsp3) is 0.481. The second-order valence-corrected chi connectivity index (χ2v) is 9.90. The molecule has 2 fully saturated rings. The smallest absolute Gasteiger partial charge is 0.230 e. The highest BCUT2D eigenvalue weighted by molar-refractivity contribution is 5.82. The number of nitrogens with one attached hydrogen (secondary N) is 3. The van der Waals surface area contributed by atoms with E-state index in [2.05, 4.69) is 25.6 Å². The number of aromatic nitrogens is 4. The molecule has 0 saturated carbocycles. The Balaban J connectivity index is 1.37. The van der Waals surface area contributed by atoms with Crippen molar-refractivity contribution >= 4 is 11.9 Å². The monoisotopic (exact) mass is 540 g/mol. The van der Waals surface area contributed by atoms with Gasteiger partial charge in [0.25, 0.3) is 0 Å². The van der Waals surface area contributed by atoms with Gasteiger partial charge in [0.2, 0.25) is 18.1 Å². The zero-order valence-corrected chi connectivity index (χ0v) is 22.0. The van der Waals surface area contributed by atoms with Crippen molar-refractivity contribution in [1.29, 1.82) is 0 Å². The van der Waals surface area contributed by atoms with E-state index in [9.17, 15) is 9.18 Å². The molecule has 0 bridgehead atoms. The molecule has 39 heavy (non-hydrogen) atoms. The van der Waals surface area contributed by atoms with E-state index in [1.54, 1.807) is 38.4 Å². The standard InChI is InChI=1S/C27H33FN6O5/c1-27(25(35)29-11-13-36-2)15-38-24(39-16-27)23-33-21(17-5-7-18(28)8-6-17)22(34-23)20-9-10-30-26(32-20)31-14-19-4-3-12-37-19/h5-10,19,24H,3-4,11-16H2,1-2H3,(H,29,35)(H,33,34)(H,30,31,32). The number of amides is 1. The van der Waals surface area contributed by atoms with Crippen molar-refractivity contribution in [1.82, 2.24) is 25.3 Å². The minimum absolute atomic E-state index is 0.138. The number of aromatic amines is 1. The van der Waals surface area contributed by atoms with E-state index in [0.29, 0.717) is 54.1 Å². The van der Waals surface area contributed by atoms with Crippen LogP contribution in [-0.4, -0.2) is 78.6 Å². The average molecular weight is 541 g/mol.